The lowest BCUT2D eigenvalue weighted by atomic mass is 9.88. The molecule has 1 aromatic carbocycles. The molecule has 0 bridgehead atoms. The summed E-state index contributed by atoms with van der Waals surface area (Å²) >= 11 is 0. The van der Waals surface area contributed by atoms with Crippen LogP contribution in [0.5, 0.6) is 0 Å². The number of imide groups is 1. The van der Waals surface area contributed by atoms with Crippen LogP contribution in [0.1, 0.15) is 32.8 Å². The van der Waals surface area contributed by atoms with E-state index in [1.54, 1.807) is 6.20 Å². The molecule has 0 saturated carbocycles. The summed E-state index contributed by atoms with van der Waals surface area (Å²) in [5, 5.41) is 0.971. The Kier molecular flexibility index (Phi) is 3.88. The second kappa shape index (κ2) is 6.24. The molecule has 6 nitrogen and oxygen atoms in total. The highest BCUT2D eigenvalue weighted by Crippen LogP contribution is 2.50. The number of Topliss-reactive ketones (excluding diaryl/α,β-unsaturated/α-hetero) is 1. The smallest absolute Gasteiger partial charge is 0.235 e. The highest BCUT2D eigenvalue weighted by Gasteiger charge is 2.64. The molecule has 0 unspecified atom stereocenters. The van der Waals surface area contributed by atoms with Crippen molar-refractivity contribution in [3.63, 3.8) is 0 Å². The molecule has 3 aliphatic rings. The first kappa shape index (κ1) is 18.0. The molecule has 6 heteroatoms. The molecular weight excluding hydrogens is 366 g/mol. The third kappa shape index (κ3) is 2.29. The molecule has 2 fully saturated rings. The molecule has 0 aliphatic carbocycles. The molecule has 0 radical (unpaired) electrons. The number of likely N-dealkylation sites (tertiary alicyclic amines) is 1. The lowest BCUT2D eigenvalue weighted by Crippen LogP contribution is -2.49. The van der Waals surface area contributed by atoms with Crippen molar-refractivity contribution in [3.8, 4) is 0 Å². The highest BCUT2D eigenvalue weighted by molar-refractivity contribution is 6.12. The average Bonchev–Trinajstić information content (AvgIpc) is 3.20. The van der Waals surface area contributed by atoms with Crippen molar-refractivity contribution in [2.75, 3.05) is 4.90 Å². The lowest BCUT2D eigenvalue weighted by molar-refractivity contribution is -0.143. The van der Waals surface area contributed by atoms with Crippen LogP contribution in [0.4, 0.5) is 5.69 Å². The van der Waals surface area contributed by atoms with Gasteiger partial charge in [-0.3, -0.25) is 24.3 Å². The van der Waals surface area contributed by atoms with Crippen LogP contribution >= 0.6 is 0 Å². The monoisotopic (exact) mass is 389 g/mol. The number of hydrogen-bond donors (Lipinski definition) is 0. The summed E-state index contributed by atoms with van der Waals surface area (Å²) in [6.45, 7) is 5.37. The highest BCUT2D eigenvalue weighted by atomic mass is 16.2. The third-order valence-electron chi connectivity index (χ3n) is 6.72. The van der Waals surface area contributed by atoms with Gasteiger partial charge in [-0.1, -0.05) is 37.3 Å². The molecular formula is C23H23N3O3. The molecule has 0 N–H and O–H groups in total. The van der Waals surface area contributed by atoms with Crippen molar-refractivity contribution in [3.05, 3.63) is 42.1 Å². The summed E-state index contributed by atoms with van der Waals surface area (Å²) in [4.78, 5) is 47.4. The second-order valence-electron chi connectivity index (χ2n) is 8.25. The number of anilines is 1. The fourth-order valence-electron chi connectivity index (χ4n) is 5.28. The van der Waals surface area contributed by atoms with E-state index in [4.69, 9.17) is 0 Å². The van der Waals surface area contributed by atoms with Crippen LogP contribution in [0.2, 0.25) is 0 Å². The summed E-state index contributed by atoms with van der Waals surface area (Å²) < 4.78 is 0. The maximum absolute atomic E-state index is 13.3. The largest absolute Gasteiger partial charge is 0.351 e. The number of hydrogen-bond acceptors (Lipinski definition) is 5. The topological polar surface area (TPSA) is 70.6 Å². The van der Waals surface area contributed by atoms with Crippen molar-refractivity contribution < 1.29 is 14.4 Å². The lowest BCUT2D eigenvalue weighted by Gasteiger charge is -2.37. The van der Waals surface area contributed by atoms with Gasteiger partial charge in [0.15, 0.2) is 5.78 Å². The minimum absolute atomic E-state index is 0.0937. The maximum Gasteiger partial charge on any atom is 0.235 e. The van der Waals surface area contributed by atoms with E-state index in [9.17, 15) is 14.4 Å². The van der Waals surface area contributed by atoms with Crippen LogP contribution in [-0.2, 0) is 14.4 Å². The number of amides is 2. The number of rotatable bonds is 3. The Morgan fingerprint density at radius 3 is 2.66 bits per heavy atom. The summed E-state index contributed by atoms with van der Waals surface area (Å²) in [7, 11) is 0. The zero-order valence-corrected chi connectivity index (χ0v) is 16.7. The Hall–Kier alpha value is -3.02. The van der Waals surface area contributed by atoms with E-state index in [0.29, 0.717) is 6.42 Å². The molecule has 2 amide bonds. The van der Waals surface area contributed by atoms with Crippen molar-refractivity contribution in [1.82, 2.24) is 9.88 Å². The molecule has 29 heavy (non-hydrogen) atoms. The number of fused-ring (bicyclic) bond motifs is 7. The molecule has 5 rings (SSSR count). The van der Waals surface area contributed by atoms with E-state index in [1.165, 1.54) is 11.8 Å². The predicted octanol–water partition coefficient (Wildman–Crippen LogP) is 2.81. The Labute approximate surface area is 169 Å². The van der Waals surface area contributed by atoms with Gasteiger partial charge < -0.3 is 4.90 Å². The third-order valence-corrected chi connectivity index (χ3v) is 6.72. The van der Waals surface area contributed by atoms with E-state index < -0.39 is 17.9 Å². The van der Waals surface area contributed by atoms with Crippen molar-refractivity contribution in [2.45, 2.75) is 45.3 Å². The van der Waals surface area contributed by atoms with E-state index >= 15 is 0 Å². The molecule has 5 atom stereocenters. The second-order valence-corrected chi connectivity index (χ2v) is 8.25. The number of pyridine rings is 1. The standard InChI is InChI=1S/C23H23N3O3/c1-4-12(2)25-22(28)17-16-10-9-15-8-7-14-6-5-11-24-19(14)21(15)26(16)20(13(3)27)18(17)23(25)29/h5-12,16-18,20H,4H2,1-3H3/t12-,16-,17-,18-,20+/m0/s1. The number of nitrogens with zero attached hydrogens (tertiary/aromatic N) is 3. The Balaban J connectivity index is 1.71. The van der Waals surface area contributed by atoms with Crippen molar-refractivity contribution >= 4 is 40.3 Å². The predicted molar refractivity (Wildman–Crippen MR) is 110 cm³/mol. The molecule has 0 spiro atoms. The van der Waals surface area contributed by atoms with Gasteiger partial charge in [0.25, 0.3) is 0 Å². The summed E-state index contributed by atoms with van der Waals surface area (Å²) in [5.41, 5.74) is 2.60. The van der Waals surface area contributed by atoms with Crippen LogP contribution < -0.4 is 4.90 Å². The number of aromatic nitrogens is 1. The molecule has 4 heterocycles. The first-order valence-corrected chi connectivity index (χ1v) is 10.2. The van der Waals surface area contributed by atoms with Gasteiger partial charge in [-0.2, -0.15) is 0 Å². The zero-order valence-electron chi connectivity index (χ0n) is 16.7. The zero-order chi connectivity index (χ0) is 20.4. The average molecular weight is 389 g/mol. The van der Waals surface area contributed by atoms with Gasteiger partial charge in [0.05, 0.1) is 29.1 Å². The number of ketones is 1. The van der Waals surface area contributed by atoms with Gasteiger partial charge in [-0.05, 0) is 31.9 Å². The minimum atomic E-state index is -0.660. The quantitative estimate of drug-likeness (QED) is 0.755. The Morgan fingerprint density at radius 2 is 1.93 bits per heavy atom. The van der Waals surface area contributed by atoms with Crippen LogP contribution in [0.3, 0.4) is 0 Å². The molecule has 1 aromatic heterocycles. The molecule has 2 saturated heterocycles. The van der Waals surface area contributed by atoms with Gasteiger partial charge in [0, 0.05) is 17.6 Å². The maximum atomic E-state index is 13.3. The summed E-state index contributed by atoms with van der Waals surface area (Å²) in [6.07, 6.45) is 6.40. The Morgan fingerprint density at radius 1 is 1.17 bits per heavy atom. The minimum Gasteiger partial charge on any atom is -0.351 e. The van der Waals surface area contributed by atoms with Gasteiger partial charge in [0.1, 0.15) is 6.04 Å². The van der Waals surface area contributed by atoms with E-state index in [0.717, 1.165) is 22.2 Å². The summed E-state index contributed by atoms with van der Waals surface area (Å²) in [5.74, 6) is -1.65. The van der Waals surface area contributed by atoms with E-state index in [-0.39, 0.29) is 29.7 Å². The van der Waals surface area contributed by atoms with Gasteiger partial charge in [-0.25, -0.2) is 0 Å². The summed E-state index contributed by atoms with van der Waals surface area (Å²) in [6, 6.07) is 6.73. The van der Waals surface area contributed by atoms with Crippen LogP contribution in [0.25, 0.3) is 17.0 Å². The fourth-order valence-corrected chi connectivity index (χ4v) is 5.28. The molecule has 148 valence electrons. The normalized spacial score (nSPS) is 28.5. The molecule has 3 aliphatic heterocycles. The van der Waals surface area contributed by atoms with Crippen LogP contribution in [0, 0.1) is 11.8 Å². The molecule has 2 aromatic rings. The van der Waals surface area contributed by atoms with Crippen LogP contribution in [-0.4, -0.2) is 45.6 Å². The number of carbonyl (C=O) groups excluding carboxylic acids is 3. The van der Waals surface area contributed by atoms with Gasteiger partial charge >= 0.3 is 0 Å². The SMILES string of the molecule is CC[C@H](C)N1C(=O)[C@@H]2[C@H](C1=O)[C@@H](C(C)=O)N1c3c(ccc4cccnc34)C=C[C@@H]21. The first-order valence-electron chi connectivity index (χ1n) is 10.2. The van der Waals surface area contributed by atoms with E-state index in [2.05, 4.69) is 4.98 Å². The van der Waals surface area contributed by atoms with Gasteiger partial charge in [0.2, 0.25) is 11.8 Å². The fraction of sp³-hybridized carbons (Fsp3) is 0.391. The van der Waals surface area contributed by atoms with Gasteiger partial charge in [-0.15, -0.1) is 0 Å². The number of carbonyl (C=O) groups is 3. The Bertz CT molecular complexity index is 1090. The first-order chi connectivity index (χ1) is 14.0. The van der Waals surface area contributed by atoms with Crippen molar-refractivity contribution in [2.24, 2.45) is 11.8 Å². The van der Waals surface area contributed by atoms with E-state index in [1.807, 2.05) is 55.2 Å². The van der Waals surface area contributed by atoms with Crippen molar-refractivity contribution in [1.29, 1.82) is 0 Å². The van der Waals surface area contributed by atoms with Crippen LogP contribution in [0.15, 0.2) is 36.5 Å². The number of benzene rings is 1.